The molecule has 0 radical (unpaired) electrons. The summed E-state index contributed by atoms with van der Waals surface area (Å²) in [5, 5.41) is 5.07. The summed E-state index contributed by atoms with van der Waals surface area (Å²) < 4.78 is 13.7. The first-order chi connectivity index (χ1) is 17.1. The van der Waals surface area contributed by atoms with Gasteiger partial charge in [-0.2, -0.15) is 0 Å². The van der Waals surface area contributed by atoms with Crippen molar-refractivity contribution in [2.45, 2.75) is 45.7 Å². The van der Waals surface area contributed by atoms with E-state index in [-0.39, 0.29) is 5.92 Å². The minimum atomic E-state index is -0.971. The zero-order valence-electron chi connectivity index (χ0n) is 22.2. The van der Waals surface area contributed by atoms with E-state index in [1.54, 1.807) is 19.0 Å². The van der Waals surface area contributed by atoms with Gasteiger partial charge in [-0.1, -0.05) is 31.7 Å². The summed E-state index contributed by atoms with van der Waals surface area (Å²) in [5.41, 5.74) is 4.93. The van der Waals surface area contributed by atoms with Crippen LogP contribution in [0.2, 0.25) is 0 Å². The van der Waals surface area contributed by atoms with Gasteiger partial charge in [0.15, 0.2) is 0 Å². The van der Waals surface area contributed by atoms with Gasteiger partial charge in [0.25, 0.3) is 0 Å². The summed E-state index contributed by atoms with van der Waals surface area (Å²) in [6, 6.07) is 5.99. The zero-order chi connectivity index (χ0) is 26.3. The van der Waals surface area contributed by atoms with Crippen LogP contribution >= 0.6 is 0 Å². The quantitative estimate of drug-likeness (QED) is 0.236. The molecule has 2 aliphatic rings. The largest absolute Gasteiger partial charge is 0.348 e. The van der Waals surface area contributed by atoms with Crippen LogP contribution in [0.4, 0.5) is 10.1 Å². The number of benzene rings is 1. The Morgan fingerprint density at radius 1 is 1.39 bits per heavy atom. The average molecular weight is 493 g/mol. The second kappa shape index (κ2) is 12.3. The molecule has 1 heterocycles. The Balaban J connectivity index is 1.57. The minimum Gasteiger partial charge on any atom is -0.348 e. The summed E-state index contributed by atoms with van der Waals surface area (Å²) in [6.07, 6.45) is 12.0. The van der Waals surface area contributed by atoms with Crippen LogP contribution in [-0.4, -0.2) is 50.2 Å². The molecular formula is C29H41FN6. The lowest BCUT2D eigenvalue weighted by Crippen LogP contribution is -2.42. The predicted octanol–water partition coefficient (Wildman–Crippen LogP) is 5.29. The number of aliphatic imine (C=N–C) groups is 2. The Bertz CT molecular complexity index is 1060. The normalized spacial score (nSPS) is 23.0. The number of halogens is 1. The lowest BCUT2D eigenvalue weighted by atomic mass is 9.73. The molecule has 0 aromatic heterocycles. The highest BCUT2D eigenvalue weighted by atomic mass is 19.1. The van der Waals surface area contributed by atoms with E-state index in [0.29, 0.717) is 18.8 Å². The topological polar surface area (TPSA) is 69.2 Å². The Morgan fingerprint density at radius 2 is 2.14 bits per heavy atom. The summed E-state index contributed by atoms with van der Waals surface area (Å²) in [5.74, 6) is 7.13. The van der Waals surface area contributed by atoms with Crippen LogP contribution < -0.4 is 16.2 Å². The minimum absolute atomic E-state index is 0.287. The van der Waals surface area contributed by atoms with Crippen molar-refractivity contribution in [1.29, 1.82) is 0 Å². The van der Waals surface area contributed by atoms with Crippen molar-refractivity contribution >= 4 is 18.6 Å². The van der Waals surface area contributed by atoms with Crippen LogP contribution in [0.1, 0.15) is 44.2 Å². The Hall–Kier alpha value is -3.03. The number of nitrogens with one attached hydrogen (secondary N) is 1. The summed E-state index contributed by atoms with van der Waals surface area (Å²) in [7, 11) is 1.75. The van der Waals surface area contributed by atoms with Gasteiger partial charge in [-0.05, 0) is 81.5 Å². The fraction of sp³-hybridized carbons (Fsp3) is 0.448. The first-order valence-electron chi connectivity index (χ1n) is 12.6. The van der Waals surface area contributed by atoms with E-state index in [1.165, 1.54) is 5.57 Å². The van der Waals surface area contributed by atoms with Crippen LogP contribution in [0.5, 0.6) is 0 Å². The van der Waals surface area contributed by atoms with E-state index in [4.69, 9.17) is 5.84 Å². The van der Waals surface area contributed by atoms with Gasteiger partial charge in [-0.15, -0.1) is 0 Å². The number of nitrogens with zero attached hydrogens (tertiary/aromatic N) is 4. The van der Waals surface area contributed by atoms with Crippen molar-refractivity contribution in [3.63, 3.8) is 0 Å². The molecule has 1 fully saturated rings. The maximum atomic E-state index is 13.7. The number of aryl methyl sites for hydroxylation is 1. The van der Waals surface area contributed by atoms with E-state index >= 15 is 0 Å². The molecule has 1 aromatic rings. The summed E-state index contributed by atoms with van der Waals surface area (Å²) in [6.45, 7) is 16.3. The number of alkyl halides is 1. The lowest BCUT2D eigenvalue weighted by molar-refractivity contribution is 0.0262. The monoisotopic (exact) mass is 492 g/mol. The molecule has 1 aliphatic carbocycles. The molecule has 6 nitrogen and oxygen atoms in total. The average Bonchev–Trinajstić information content (AvgIpc) is 2.80. The first-order valence-corrected chi connectivity index (χ1v) is 12.6. The number of hydrazine groups is 1. The van der Waals surface area contributed by atoms with Crippen LogP contribution in [0.15, 0.2) is 76.3 Å². The Morgan fingerprint density at radius 3 is 2.81 bits per heavy atom. The Labute approximate surface area is 215 Å². The molecule has 0 spiro atoms. The fourth-order valence-corrected chi connectivity index (χ4v) is 4.94. The molecule has 7 heteroatoms. The summed E-state index contributed by atoms with van der Waals surface area (Å²) >= 11 is 0. The molecule has 0 amide bonds. The van der Waals surface area contributed by atoms with Crippen molar-refractivity contribution in [2.75, 3.05) is 31.7 Å². The molecule has 1 saturated carbocycles. The van der Waals surface area contributed by atoms with E-state index in [1.807, 2.05) is 43.6 Å². The van der Waals surface area contributed by atoms with Crippen molar-refractivity contribution in [2.24, 2.45) is 27.7 Å². The first kappa shape index (κ1) is 27.6. The number of rotatable bonds is 12. The number of anilines is 1. The van der Waals surface area contributed by atoms with Crippen LogP contribution in [0.25, 0.3) is 0 Å². The van der Waals surface area contributed by atoms with Gasteiger partial charge < -0.3 is 10.2 Å². The van der Waals surface area contributed by atoms with E-state index in [9.17, 15) is 4.39 Å². The third-order valence-corrected chi connectivity index (χ3v) is 6.77. The van der Waals surface area contributed by atoms with Gasteiger partial charge in [-0.3, -0.25) is 15.0 Å². The van der Waals surface area contributed by atoms with E-state index in [0.717, 1.165) is 54.3 Å². The molecule has 36 heavy (non-hydrogen) atoms. The molecule has 3 rings (SSSR count). The Kier molecular flexibility index (Phi) is 9.40. The van der Waals surface area contributed by atoms with Gasteiger partial charge in [-0.25, -0.2) is 10.2 Å². The molecular weight excluding hydrogens is 451 g/mol. The van der Waals surface area contributed by atoms with E-state index < -0.39 is 5.67 Å². The van der Waals surface area contributed by atoms with Crippen LogP contribution in [0.3, 0.4) is 0 Å². The maximum Gasteiger partial charge on any atom is 0.108 e. The number of hydrogen-bond acceptors (Lipinski definition) is 6. The third-order valence-electron chi connectivity index (χ3n) is 6.77. The fourth-order valence-electron chi connectivity index (χ4n) is 4.94. The smallest absolute Gasteiger partial charge is 0.108 e. The second-order valence-electron chi connectivity index (χ2n) is 10.4. The third kappa shape index (κ3) is 7.48. The molecule has 0 bridgehead atoms. The van der Waals surface area contributed by atoms with Gasteiger partial charge in [0.2, 0.25) is 0 Å². The zero-order valence-corrected chi connectivity index (χ0v) is 22.2. The van der Waals surface area contributed by atoms with Crippen molar-refractivity contribution in [3.8, 4) is 0 Å². The highest BCUT2D eigenvalue weighted by Crippen LogP contribution is 2.40. The maximum absolute atomic E-state index is 13.7. The standard InChI is InChI=1S/C29H41FN6/c1-21(12-26(33-6)20-36(31)28-9-7-8-22(2)27(28)17-32-5)18-35-19-24(11-10-23(35)3)15-34-16-25-13-29(4,30)14-25/h7-11,17,19-21,25,34H,3,6,12-16,18,31H2,1-2,4-5H3/b26-20-,32-17-. The molecule has 0 saturated heterocycles. The van der Waals surface area contributed by atoms with Crippen molar-refractivity contribution in [1.82, 2.24) is 10.2 Å². The molecule has 1 atom stereocenters. The van der Waals surface area contributed by atoms with Gasteiger partial charge in [0, 0.05) is 50.0 Å². The second-order valence-corrected chi connectivity index (χ2v) is 10.4. The van der Waals surface area contributed by atoms with E-state index in [2.05, 4.69) is 52.7 Å². The summed E-state index contributed by atoms with van der Waals surface area (Å²) in [4.78, 5) is 10.6. The molecule has 194 valence electrons. The van der Waals surface area contributed by atoms with Crippen molar-refractivity contribution in [3.05, 3.63) is 77.4 Å². The highest BCUT2D eigenvalue weighted by molar-refractivity contribution is 5.90. The lowest BCUT2D eigenvalue weighted by Gasteiger charge is -2.38. The van der Waals surface area contributed by atoms with Crippen LogP contribution in [0, 0.1) is 18.8 Å². The molecule has 1 aromatic carbocycles. The number of hydrogen-bond donors (Lipinski definition) is 2. The number of nitrogens with two attached hydrogens (primary N) is 1. The predicted molar refractivity (Wildman–Crippen MR) is 151 cm³/mol. The van der Waals surface area contributed by atoms with Crippen molar-refractivity contribution < 1.29 is 4.39 Å². The van der Waals surface area contributed by atoms with Gasteiger partial charge in [0.1, 0.15) is 5.67 Å². The SMILES string of the molecule is C=N/C(=C\N(N)c1cccc(C)c1/C=N\C)CC(C)CN1C=C(CNCC2CC(C)(F)C2)C=CC1=C. The highest BCUT2D eigenvalue weighted by Gasteiger charge is 2.39. The van der Waals surface area contributed by atoms with Gasteiger partial charge in [0.05, 0.1) is 11.4 Å². The molecule has 3 N–H and O–H groups in total. The number of allylic oxidation sites excluding steroid dienone is 2. The molecule has 1 aliphatic heterocycles. The van der Waals surface area contributed by atoms with Gasteiger partial charge >= 0.3 is 0 Å². The van der Waals surface area contributed by atoms with Crippen LogP contribution in [-0.2, 0) is 0 Å². The molecule has 1 unspecified atom stereocenters.